The lowest BCUT2D eigenvalue weighted by molar-refractivity contribution is -0.164. The molecule has 13 nitrogen and oxygen atoms in total. The second-order valence-electron chi connectivity index (χ2n) is 17.7. The van der Waals surface area contributed by atoms with Gasteiger partial charge in [-0.3, -0.25) is 34.4 Å². The molecule has 13 heteroatoms. The van der Waals surface area contributed by atoms with Crippen molar-refractivity contribution in [1.82, 2.24) is 25.8 Å². The third-order valence-corrected chi connectivity index (χ3v) is 12.9. The Morgan fingerprint density at radius 1 is 0.845 bits per heavy atom. The fourth-order valence-corrected chi connectivity index (χ4v) is 9.87. The van der Waals surface area contributed by atoms with Crippen LogP contribution in [0, 0.1) is 41.9 Å². The molecule has 7 rings (SSSR count). The number of aryl methyl sites for hydroxylation is 2. The molecule has 1 aliphatic carbocycles. The Hall–Kier alpha value is -5.48. The number of nitrogens with one attached hydrogen (secondary N) is 3. The number of anilines is 2. The number of nitriles is 1. The molecule has 3 saturated heterocycles. The van der Waals surface area contributed by atoms with Crippen molar-refractivity contribution in [2.75, 3.05) is 55.6 Å². The standard InChI is InChI=1S/C45H56N8O5/c1-28-23-34(24-29(2)35(28)26-46)58-43-44(3,4)42(45(43,5)6)50-39(55)31-7-9-32(10-8-31)52-17-14-30(15-18-52)27-51-19-21-53(22-20-51)33-13-16-47-37(25-33)41(57)48-36-11-12-38(54)49-40(36)56/h7-10,13,16,23-25,30,36,42-43H,11-12,14-15,17-22,27H2,1-6H3,(H,48,57)(H,50,55)(H,49,54,56). The number of carbonyl (C=O) groups excluding carboxylic acids is 4. The number of imide groups is 1. The van der Waals surface area contributed by atoms with E-state index in [1.807, 2.05) is 44.2 Å². The van der Waals surface area contributed by atoms with Crippen LogP contribution in [0.1, 0.15) is 90.9 Å². The summed E-state index contributed by atoms with van der Waals surface area (Å²) in [4.78, 5) is 61.4. The van der Waals surface area contributed by atoms with Crippen LogP contribution in [0.25, 0.3) is 0 Å². The smallest absolute Gasteiger partial charge is 0.270 e. The molecular formula is C45H56N8O5. The van der Waals surface area contributed by atoms with Crippen molar-refractivity contribution in [2.24, 2.45) is 16.7 Å². The first kappa shape index (κ1) is 40.7. The van der Waals surface area contributed by atoms with Crippen molar-refractivity contribution in [3.05, 3.63) is 82.7 Å². The quantitative estimate of drug-likeness (QED) is 0.245. The van der Waals surface area contributed by atoms with Crippen LogP contribution in [0.4, 0.5) is 11.4 Å². The van der Waals surface area contributed by atoms with Gasteiger partial charge in [-0.05, 0) is 98.7 Å². The normalized spacial score (nSPS) is 23.3. The average Bonchev–Trinajstić information content (AvgIpc) is 3.20. The molecule has 1 atom stereocenters. The maximum absolute atomic E-state index is 13.6. The zero-order chi connectivity index (χ0) is 41.4. The second-order valence-corrected chi connectivity index (χ2v) is 17.7. The number of ether oxygens (including phenoxy) is 1. The van der Waals surface area contributed by atoms with Crippen LogP contribution in [0.5, 0.6) is 5.75 Å². The molecule has 3 aromatic rings. The molecule has 3 aliphatic heterocycles. The van der Waals surface area contributed by atoms with E-state index < -0.39 is 17.9 Å². The van der Waals surface area contributed by atoms with Crippen LogP contribution in [-0.2, 0) is 9.59 Å². The second kappa shape index (κ2) is 16.4. The number of benzene rings is 2. The van der Waals surface area contributed by atoms with Gasteiger partial charge in [0.2, 0.25) is 11.8 Å². The zero-order valence-corrected chi connectivity index (χ0v) is 34.6. The number of amides is 4. The molecule has 306 valence electrons. The molecule has 1 saturated carbocycles. The molecule has 0 bridgehead atoms. The minimum absolute atomic E-state index is 0.0836. The van der Waals surface area contributed by atoms with Crippen molar-refractivity contribution in [3.8, 4) is 11.8 Å². The molecule has 1 unspecified atom stereocenters. The molecule has 0 radical (unpaired) electrons. The minimum atomic E-state index is -0.739. The summed E-state index contributed by atoms with van der Waals surface area (Å²) in [6, 6.07) is 17.0. The number of carbonyl (C=O) groups is 4. The number of piperazine rings is 1. The van der Waals surface area contributed by atoms with E-state index in [2.05, 4.69) is 81.5 Å². The van der Waals surface area contributed by atoms with Gasteiger partial charge in [-0.25, -0.2) is 0 Å². The Labute approximate surface area is 341 Å². The first-order chi connectivity index (χ1) is 27.6. The predicted molar refractivity (Wildman–Crippen MR) is 222 cm³/mol. The number of piperidine rings is 2. The lowest BCUT2D eigenvalue weighted by atomic mass is 9.49. The summed E-state index contributed by atoms with van der Waals surface area (Å²) in [5.41, 5.74) is 4.83. The lowest BCUT2D eigenvalue weighted by Gasteiger charge is -2.63. The molecule has 58 heavy (non-hydrogen) atoms. The summed E-state index contributed by atoms with van der Waals surface area (Å²) < 4.78 is 6.55. The zero-order valence-electron chi connectivity index (χ0n) is 34.6. The fraction of sp³-hybridized carbons (Fsp3) is 0.511. The molecule has 4 amide bonds. The van der Waals surface area contributed by atoms with Crippen molar-refractivity contribution in [1.29, 1.82) is 5.26 Å². The third kappa shape index (κ3) is 8.39. The van der Waals surface area contributed by atoms with Crippen molar-refractivity contribution in [3.63, 3.8) is 0 Å². The van der Waals surface area contributed by atoms with Crippen LogP contribution in [-0.4, -0.2) is 97.5 Å². The molecule has 3 N–H and O–H groups in total. The van der Waals surface area contributed by atoms with E-state index in [9.17, 15) is 24.4 Å². The molecule has 0 spiro atoms. The van der Waals surface area contributed by atoms with Gasteiger partial charge in [0.05, 0.1) is 11.6 Å². The van der Waals surface area contributed by atoms with Crippen molar-refractivity contribution >= 4 is 35.0 Å². The molecule has 4 aliphatic rings. The average molecular weight is 789 g/mol. The number of hydrogen-bond acceptors (Lipinski definition) is 10. The van der Waals surface area contributed by atoms with Crippen molar-refractivity contribution in [2.45, 2.75) is 85.4 Å². The first-order valence-electron chi connectivity index (χ1n) is 20.6. The van der Waals surface area contributed by atoms with E-state index in [1.54, 1.807) is 12.3 Å². The maximum atomic E-state index is 13.6. The van der Waals surface area contributed by atoms with Crippen LogP contribution in [0.15, 0.2) is 54.7 Å². The molecule has 4 heterocycles. The number of pyridine rings is 1. The van der Waals surface area contributed by atoms with Crippen LogP contribution in [0.3, 0.4) is 0 Å². The Bertz CT molecular complexity index is 2050. The Morgan fingerprint density at radius 2 is 1.48 bits per heavy atom. The molecule has 1 aromatic heterocycles. The van der Waals surface area contributed by atoms with Gasteiger partial charge in [-0.1, -0.05) is 27.7 Å². The highest BCUT2D eigenvalue weighted by atomic mass is 16.5. The number of rotatable bonds is 10. The van der Waals surface area contributed by atoms with E-state index in [-0.39, 0.29) is 53.3 Å². The molecule has 2 aromatic carbocycles. The highest BCUT2D eigenvalue weighted by molar-refractivity contribution is 6.03. The van der Waals surface area contributed by atoms with E-state index in [0.717, 1.165) is 86.9 Å². The summed E-state index contributed by atoms with van der Waals surface area (Å²) in [7, 11) is 0. The molecule has 4 fully saturated rings. The fourth-order valence-electron chi connectivity index (χ4n) is 9.87. The maximum Gasteiger partial charge on any atom is 0.270 e. The van der Waals surface area contributed by atoms with E-state index in [0.29, 0.717) is 17.0 Å². The monoisotopic (exact) mass is 788 g/mol. The Balaban J connectivity index is 0.850. The van der Waals surface area contributed by atoms with Gasteiger partial charge in [0.15, 0.2) is 0 Å². The first-order valence-corrected chi connectivity index (χ1v) is 20.6. The number of hydrogen-bond donors (Lipinski definition) is 3. The van der Waals surface area contributed by atoms with Gasteiger partial charge in [-0.2, -0.15) is 5.26 Å². The van der Waals surface area contributed by atoms with E-state index in [1.165, 1.54) is 0 Å². The highest BCUT2D eigenvalue weighted by Crippen LogP contribution is 2.55. The summed E-state index contributed by atoms with van der Waals surface area (Å²) in [5, 5.41) is 17.8. The van der Waals surface area contributed by atoms with Gasteiger partial charge in [0.1, 0.15) is 23.6 Å². The third-order valence-electron chi connectivity index (χ3n) is 12.9. The summed E-state index contributed by atoms with van der Waals surface area (Å²) in [6.45, 7) is 19.0. The summed E-state index contributed by atoms with van der Waals surface area (Å²) in [6.07, 6.45) is 4.20. The predicted octanol–water partition coefficient (Wildman–Crippen LogP) is 4.76. The van der Waals surface area contributed by atoms with Crippen LogP contribution < -0.4 is 30.5 Å². The Morgan fingerprint density at radius 3 is 2.10 bits per heavy atom. The van der Waals surface area contributed by atoms with Crippen LogP contribution in [0.2, 0.25) is 0 Å². The van der Waals surface area contributed by atoms with Gasteiger partial charge in [-0.15, -0.1) is 0 Å². The van der Waals surface area contributed by atoms with E-state index >= 15 is 0 Å². The minimum Gasteiger partial charge on any atom is -0.489 e. The highest BCUT2D eigenvalue weighted by Gasteiger charge is 2.64. The largest absolute Gasteiger partial charge is 0.489 e. The van der Waals surface area contributed by atoms with Crippen LogP contribution >= 0.6 is 0 Å². The van der Waals surface area contributed by atoms with Crippen molar-refractivity contribution < 1.29 is 23.9 Å². The van der Waals surface area contributed by atoms with Gasteiger partial charge in [0.25, 0.3) is 11.8 Å². The van der Waals surface area contributed by atoms with Gasteiger partial charge < -0.3 is 25.2 Å². The summed E-state index contributed by atoms with van der Waals surface area (Å²) in [5.74, 6) is 0.0550. The number of aromatic nitrogens is 1. The van der Waals surface area contributed by atoms with E-state index in [4.69, 9.17) is 4.74 Å². The van der Waals surface area contributed by atoms with Gasteiger partial charge in [0, 0.05) is 92.2 Å². The SMILES string of the molecule is Cc1cc(OC2C(C)(C)C(NC(=O)c3ccc(N4CCC(CN5CCN(c6ccnc(C(=O)NC7CCC(=O)NC7=O)c6)CC5)CC4)cc3)C2(C)C)cc(C)c1C#N. The van der Waals surface area contributed by atoms with Gasteiger partial charge >= 0.3 is 0 Å². The summed E-state index contributed by atoms with van der Waals surface area (Å²) >= 11 is 0. The molecular weight excluding hydrogens is 733 g/mol. The topological polar surface area (TPSA) is 160 Å². The number of nitrogens with zero attached hydrogens (tertiary/aromatic N) is 5. The Kier molecular flexibility index (Phi) is 11.5. The lowest BCUT2D eigenvalue weighted by Crippen LogP contribution is -2.74.